The topological polar surface area (TPSA) is 64.8 Å². The molecule has 28 heavy (non-hydrogen) atoms. The lowest BCUT2D eigenvalue weighted by Gasteiger charge is -2.38. The number of hydrogen-bond donors (Lipinski definition) is 0. The number of rotatable bonds is 3. The lowest BCUT2D eigenvalue weighted by molar-refractivity contribution is -0.547. The maximum absolute atomic E-state index is 13.7. The van der Waals surface area contributed by atoms with Crippen LogP contribution in [0.1, 0.15) is 30.7 Å². The number of benzene rings is 1. The standard InChI is InChI=1S/C19H21F3N2O4/c20-19(21,22)18-17(24(25)26)16(13-4-1-2-7-15(13)28-18)12-5-3-6-14(12)23-8-10-27-11-9-23/h1-2,4,7,16-18H,3,5-6,8-11H2/t16-,17+,18+/m1/s1. The second kappa shape index (κ2) is 7.27. The van der Waals surface area contributed by atoms with E-state index < -0.39 is 29.2 Å². The van der Waals surface area contributed by atoms with E-state index in [2.05, 4.69) is 4.90 Å². The first-order valence-corrected chi connectivity index (χ1v) is 9.38. The number of para-hydroxylation sites is 1. The number of ether oxygens (including phenoxy) is 2. The van der Waals surface area contributed by atoms with Gasteiger partial charge in [-0.25, -0.2) is 0 Å². The molecule has 0 saturated carbocycles. The number of fused-ring (bicyclic) bond motifs is 1. The van der Waals surface area contributed by atoms with Crippen LogP contribution in [-0.2, 0) is 4.74 Å². The average molecular weight is 398 g/mol. The third-order valence-electron chi connectivity index (χ3n) is 5.72. The zero-order chi connectivity index (χ0) is 19.9. The maximum Gasteiger partial charge on any atom is 0.432 e. The van der Waals surface area contributed by atoms with Gasteiger partial charge in [0.15, 0.2) is 0 Å². The van der Waals surface area contributed by atoms with Crippen molar-refractivity contribution < 1.29 is 27.6 Å². The molecule has 1 aromatic carbocycles. The smallest absolute Gasteiger partial charge is 0.432 e. The minimum absolute atomic E-state index is 0.0775. The predicted molar refractivity (Wildman–Crippen MR) is 93.7 cm³/mol. The molecule has 2 heterocycles. The van der Waals surface area contributed by atoms with Crippen LogP contribution in [0.4, 0.5) is 13.2 Å². The minimum atomic E-state index is -4.83. The first-order valence-electron chi connectivity index (χ1n) is 9.38. The van der Waals surface area contributed by atoms with E-state index in [1.54, 1.807) is 18.2 Å². The molecule has 152 valence electrons. The zero-order valence-corrected chi connectivity index (χ0v) is 15.2. The highest BCUT2D eigenvalue weighted by molar-refractivity contribution is 5.46. The largest absolute Gasteiger partial charge is 0.473 e. The van der Waals surface area contributed by atoms with Gasteiger partial charge in [0, 0.05) is 29.3 Å². The molecule has 0 aromatic heterocycles. The molecule has 1 saturated heterocycles. The summed E-state index contributed by atoms with van der Waals surface area (Å²) in [5, 5.41) is 11.8. The number of morpholine rings is 1. The monoisotopic (exact) mass is 398 g/mol. The first kappa shape index (κ1) is 19.0. The molecular formula is C19H21F3N2O4. The Morgan fingerprint density at radius 3 is 2.54 bits per heavy atom. The number of allylic oxidation sites excluding steroid dienone is 1. The van der Waals surface area contributed by atoms with E-state index in [4.69, 9.17) is 9.47 Å². The average Bonchev–Trinajstić information content (AvgIpc) is 3.15. The Labute approximate surface area is 160 Å². The van der Waals surface area contributed by atoms with Crippen LogP contribution in [0.25, 0.3) is 0 Å². The van der Waals surface area contributed by atoms with Crippen molar-refractivity contribution in [3.05, 3.63) is 51.2 Å². The van der Waals surface area contributed by atoms with Crippen LogP contribution in [0.3, 0.4) is 0 Å². The summed E-state index contributed by atoms with van der Waals surface area (Å²) in [6, 6.07) is 4.47. The van der Waals surface area contributed by atoms with Gasteiger partial charge < -0.3 is 14.4 Å². The van der Waals surface area contributed by atoms with Gasteiger partial charge in [-0.3, -0.25) is 10.1 Å². The highest BCUT2D eigenvalue weighted by Crippen LogP contribution is 2.49. The van der Waals surface area contributed by atoms with E-state index >= 15 is 0 Å². The number of nitrogens with zero attached hydrogens (tertiary/aromatic N) is 2. The van der Waals surface area contributed by atoms with Crippen molar-refractivity contribution >= 4 is 0 Å². The number of halogens is 3. The van der Waals surface area contributed by atoms with Crippen LogP contribution in [0.2, 0.25) is 0 Å². The summed E-state index contributed by atoms with van der Waals surface area (Å²) in [5.74, 6) is -0.874. The Morgan fingerprint density at radius 1 is 1.14 bits per heavy atom. The Hall–Kier alpha value is -2.29. The van der Waals surface area contributed by atoms with E-state index in [0.717, 1.165) is 24.1 Å². The minimum Gasteiger partial charge on any atom is -0.473 e. The lowest BCUT2D eigenvalue weighted by Crippen LogP contribution is -2.54. The SMILES string of the molecule is O=[N+]([O-])[C@H]1[C@H](C2=C(N3CCOCC3)CCC2)c2ccccc2O[C@@H]1C(F)(F)F. The van der Waals surface area contributed by atoms with Crippen molar-refractivity contribution in [2.75, 3.05) is 26.3 Å². The molecule has 6 nitrogen and oxygen atoms in total. The zero-order valence-electron chi connectivity index (χ0n) is 15.2. The third-order valence-corrected chi connectivity index (χ3v) is 5.72. The van der Waals surface area contributed by atoms with Gasteiger partial charge in [0.25, 0.3) is 12.1 Å². The fourth-order valence-corrected chi connectivity index (χ4v) is 4.58. The van der Waals surface area contributed by atoms with E-state index in [1.807, 2.05) is 0 Å². The molecule has 9 heteroatoms. The van der Waals surface area contributed by atoms with E-state index in [0.29, 0.717) is 38.3 Å². The summed E-state index contributed by atoms with van der Waals surface area (Å²) < 4.78 is 51.6. The van der Waals surface area contributed by atoms with Crippen molar-refractivity contribution in [3.8, 4) is 5.75 Å². The van der Waals surface area contributed by atoms with Crippen molar-refractivity contribution in [1.29, 1.82) is 0 Å². The molecule has 1 aliphatic carbocycles. The molecule has 0 spiro atoms. The van der Waals surface area contributed by atoms with Gasteiger partial charge in [0.05, 0.1) is 19.1 Å². The molecule has 0 radical (unpaired) electrons. The molecule has 3 aliphatic rings. The fraction of sp³-hybridized carbons (Fsp3) is 0.579. The van der Waals surface area contributed by atoms with Gasteiger partial charge in [-0.05, 0) is 30.9 Å². The molecule has 3 atom stereocenters. The van der Waals surface area contributed by atoms with Crippen molar-refractivity contribution in [3.63, 3.8) is 0 Å². The van der Waals surface area contributed by atoms with Gasteiger partial charge in [-0.1, -0.05) is 18.2 Å². The summed E-state index contributed by atoms with van der Waals surface area (Å²) in [4.78, 5) is 13.1. The van der Waals surface area contributed by atoms with E-state index in [1.165, 1.54) is 6.07 Å². The van der Waals surface area contributed by atoms with Gasteiger partial charge in [0.1, 0.15) is 5.75 Å². The number of nitro groups is 1. The summed E-state index contributed by atoms with van der Waals surface area (Å²) >= 11 is 0. The Kier molecular flexibility index (Phi) is 4.95. The van der Waals surface area contributed by atoms with Gasteiger partial charge in [0.2, 0.25) is 0 Å². The molecule has 0 N–H and O–H groups in total. The van der Waals surface area contributed by atoms with Gasteiger partial charge in [-0.15, -0.1) is 0 Å². The van der Waals surface area contributed by atoms with Gasteiger partial charge in [-0.2, -0.15) is 13.2 Å². The maximum atomic E-state index is 13.7. The van der Waals surface area contributed by atoms with Crippen molar-refractivity contribution in [2.24, 2.45) is 0 Å². The molecule has 0 unspecified atom stereocenters. The molecular weight excluding hydrogens is 377 g/mol. The molecule has 0 bridgehead atoms. The normalized spacial score (nSPS) is 28.1. The van der Waals surface area contributed by atoms with Crippen LogP contribution in [0, 0.1) is 10.1 Å². The third kappa shape index (κ3) is 3.32. The number of alkyl halides is 3. The number of hydrogen-bond acceptors (Lipinski definition) is 5. The summed E-state index contributed by atoms with van der Waals surface area (Å²) in [5.41, 5.74) is 2.15. The van der Waals surface area contributed by atoms with Crippen LogP contribution in [0.5, 0.6) is 5.75 Å². The van der Waals surface area contributed by atoms with Crippen LogP contribution >= 0.6 is 0 Å². The van der Waals surface area contributed by atoms with Crippen LogP contribution in [0.15, 0.2) is 35.5 Å². The second-order valence-electron chi connectivity index (χ2n) is 7.30. The van der Waals surface area contributed by atoms with Crippen molar-refractivity contribution in [1.82, 2.24) is 4.90 Å². The van der Waals surface area contributed by atoms with Crippen LogP contribution in [-0.4, -0.2) is 54.4 Å². The molecule has 1 fully saturated rings. The molecule has 2 aliphatic heterocycles. The van der Waals surface area contributed by atoms with Crippen molar-refractivity contribution in [2.45, 2.75) is 43.5 Å². The Balaban J connectivity index is 1.84. The summed E-state index contributed by atoms with van der Waals surface area (Å²) in [7, 11) is 0. The highest BCUT2D eigenvalue weighted by Gasteiger charge is 2.60. The lowest BCUT2D eigenvalue weighted by atomic mass is 9.79. The molecule has 1 aromatic rings. The van der Waals surface area contributed by atoms with Crippen LogP contribution < -0.4 is 4.74 Å². The Bertz CT molecular complexity index is 790. The summed E-state index contributed by atoms with van der Waals surface area (Å²) in [6.45, 7) is 2.39. The first-order chi connectivity index (χ1) is 13.4. The predicted octanol–water partition coefficient (Wildman–Crippen LogP) is 3.51. The molecule has 4 rings (SSSR count). The van der Waals surface area contributed by atoms with E-state index in [9.17, 15) is 23.3 Å². The highest BCUT2D eigenvalue weighted by atomic mass is 19.4. The van der Waals surface area contributed by atoms with E-state index in [-0.39, 0.29) is 5.75 Å². The molecule has 0 amide bonds. The Morgan fingerprint density at radius 2 is 1.86 bits per heavy atom. The quantitative estimate of drug-likeness (QED) is 0.576. The van der Waals surface area contributed by atoms with Gasteiger partial charge >= 0.3 is 6.18 Å². The fourth-order valence-electron chi connectivity index (χ4n) is 4.58. The second-order valence-corrected chi connectivity index (χ2v) is 7.30. The summed E-state index contributed by atoms with van der Waals surface area (Å²) in [6.07, 6.45) is -5.25.